The van der Waals surface area contributed by atoms with Gasteiger partial charge >= 0.3 is 0 Å². The SMILES string of the molecule is Cc1c([N+](=O)[O-])cc(NC(=O)C(C)n2nc(C(F)F)cc2C(F)F)cc1[N+](=O)[O-]. The standard InChI is InChI=1S/C15H13F4N5O5/c1-6-10(23(26)27)3-8(4-11(6)24(28)29)20-15(25)7(2)22-12(14(18)19)5-9(21-22)13(16)17/h3-5,7,13-14H,1-2H3,(H,20,25). The summed E-state index contributed by atoms with van der Waals surface area (Å²) in [5.74, 6) is -1.05. The molecule has 0 spiro atoms. The summed E-state index contributed by atoms with van der Waals surface area (Å²) in [7, 11) is 0. The lowest BCUT2D eigenvalue weighted by atomic mass is 10.1. The van der Waals surface area contributed by atoms with Crippen LogP contribution < -0.4 is 5.32 Å². The lowest BCUT2D eigenvalue weighted by molar-refractivity contribution is -0.395. The Bertz CT molecular complexity index is 943. The van der Waals surface area contributed by atoms with Gasteiger partial charge in [-0.2, -0.15) is 5.10 Å². The Morgan fingerprint density at radius 2 is 1.59 bits per heavy atom. The van der Waals surface area contributed by atoms with E-state index in [-0.39, 0.29) is 11.3 Å². The number of nitro groups is 2. The minimum Gasteiger partial charge on any atom is -0.324 e. The predicted molar refractivity (Wildman–Crippen MR) is 90.0 cm³/mol. The monoisotopic (exact) mass is 419 g/mol. The van der Waals surface area contributed by atoms with E-state index in [4.69, 9.17) is 0 Å². The van der Waals surface area contributed by atoms with E-state index in [1.807, 2.05) is 0 Å². The fraction of sp³-hybridized carbons (Fsp3) is 0.333. The number of hydrogen-bond acceptors (Lipinski definition) is 6. The molecule has 1 unspecified atom stereocenters. The fourth-order valence-electron chi connectivity index (χ4n) is 2.50. The molecular weight excluding hydrogens is 406 g/mol. The second-order valence-electron chi connectivity index (χ2n) is 5.86. The maximum absolute atomic E-state index is 13.1. The summed E-state index contributed by atoms with van der Waals surface area (Å²) in [4.78, 5) is 32.7. The molecule has 1 aromatic heterocycles. The van der Waals surface area contributed by atoms with Crippen molar-refractivity contribution in [2.45, 2.75) is 32.7 Å². The highest BCUT2D eigenvalue weighted by atomic mass is 19.3. The highest BCUT2D eigenvalue weighted by Crippen LogP contribution is 2.32. The second kappa shape index (κ2) is 8.20. The second-order valence-corrected chi connectivity index (χ2v) is 5.86. The normalized spacial score (nSPS) is 12.3. The van der Waals surface area contributed by atoms with Crippen LogP contribution in [0.4, 0.5) is 34.6 Å². The minimum absolute atomic E-state index is 0.250. The van der Waals surface area contributed by atoms with Crippen molar-refractivity contribution in [1.82, 2.24) is 9.78 Å². The molecule has 1 aromatic carbocycles. The van der Waals surface area contributed by atoms with E-state index in [2.05, 4.69) is 10.4 Å². The molecule has 1 atom stereocenters. The summed E-state index contributed by atoms with van der Waals surface area (Å²) in [5.41, 5.74) is -3.76. The quantitative estimate of drug-likeness (QED) is 0.408. The van der Waals surface area contributed by atoms with Crippen molar-refractivity contribution >= 4 is 23.0 Å². The molecule has 1 N–H and O–H groups in total. The largest absolute Gasteiger partial charge is 0.324 e. The zero-order valence-electron chi connectivity index (χ0n) is 14.8. The van der Waals surface area contributed by atoms with Crippen LogP contribution in [0.15, 0.2) is 18.2 Å². The topological polar surface area (TPSA) is 133 Å². The molecule has 2 rings (SSSR count). The maximum atomic E-state index is 13.1. The van der Waals surface area contributed by atoms with Gasteiger partial charge in [0.1, 0.15) is 23.0 Å². The van der Waals surface area contributed by atoms with Gasteiger partial charge in [-0.1, -0.05) is 0 Å². The minimum atomic E-state index is -3.20. The van der Waals surface area contributed by atoms with E-state index in [0.29, 0.717) is 10.7 Å². The van der Waals surface area contributed by atoms with Crippen molar-refractivity contribution in [3.05, 3.63) is 55.4 Å². The van der Waals surface area contributed by atoms with Gasteiger partial charge in [0.25, 0.3) is 24.2 Å². The predicted octanol–water partition coefficient (Wildman–Crippen LogP) is 4.08. The number of alkyl halides is 4. The molecular formula is C15H13F4N5O5. The summed E-state index contributed by atoms with van der Waals surface area (Å²) >= 11 is 0. The first-order valence-corrected chi connectivity index (χ1v) is 7.84. The lowest BCUT2D eigenvalue weighted by Gasteiger charge is -2.15. The number of nitrogens with zero attached hydrogens (tertiary/aromatic N) is 4. The van der Waals surface area contributed by atoms with Crippen LogP contribution in [0.2, 0.25) is 0 Å². The molecule has 0 aliphatic carbocycles. The number of hydrogen-bond donors (Lipinski definition) is 1. The third-order valence-corrected chi connectivity index (χ3v) is 3.99. The molecule has 0 saturated heterocycles. The molecule has 0 fully saturated rings. The molecule has 29 heavy (non-hydrogen) atoms. The maximum Gasteiger partial charge on any atom is 0.282 e. The van der Waals surface area contributed by atoms with Gasteiger partial charge in [-0.15, -0.1) is 0 Å². The van der Waals surface area contributed by atoms with Crippen LogP contribution in [-0.2, 0) is 4.79 Å². The Morgan fingerprint density at radius 1 is 1.07 bits per heavy atom. The summed E-state index contributed by atoms with van der Waals surface area (Å²) < 4.78 is 52.1. The van der Waals surface area contributed by atoms with Gasteiger partial charge in [-0.3, -0.25) is 29.7 Å². The smallest absolute Gasteiger partial charge is 0.282 e. The van der Waals surface area contributed by atoms with Crippen molar-refractivity contribution in [2.75, 3.05) is 5.32 Å². The van der Waals surface area contributed by atoms with E-state index in [1.54, 1.807) is 0 Å². The number of nitro benzene ring substituents is 2. The molecule has 156 valence electrons. The molecule has 1 heterocycles. The van der Waals surface area contributed by atoms with Gasteiger partial charge in [-0.25, -0.2) is 17.6 Å². The molecule has 0 bridgehead atoms. The van der Waals surface area contributed by atoms with Crippen molar-refractivity contribution in [3.63, 3.8) is 0 Å². The zero-order chi connectivity index (χ0) is 22.0. The summed E-state index contributed by atoms with van der Waals surface area (Å²) in [5, 5.41) is 27.6. The number of carbonyl (C=O) groups is 1. The number of halogens is 4. The lowest BCUT2D eigenvalue weighted by Crippen LogP contribution is -2.26. The Hall–Kier alpha value is -3.58. The van der Waals surface area contributed by atoms with Crippen LogP contribution >= 0.6 is 0 Å². The number of anilines is 1. The van der Waals surface area contributed by atoms with E-state index in [1.165, 1.54) is 0 Å². The highest BCUT2D eigenvalue weighted by molar-refractivity contribution is 5.94. The van der Waals surface area contributed by atoms with Crippen LogP contribution in [0.3, 0.4) is 0 Å². The molecule has 0 saturated carbocycles. The van der Waals surface area contributed by atoms with E-state index in [0.717, 1.165) is 26.0 Å². The molecule has 1 amide bonds. The molecule has 14 heteroatoms. The van der Waals surface area contributed by atoms with Crippen LogP contribution in [-0.4, -0.2) is 25.5 Å². The summed E-state index contributed by atoms with van der Waals surface area (Å²) in [6.45, 7) is 2.23. The molecule has 0 aliphatic heterocycles. The first-order valence-electron chi connectivity index (χ1n) is 7.84. The van der Waals surface area contributed by atoms with Crippen LogP contribution in [0, 0.1) is 27.2 Å². The Morgan fingerprint density at radius 3 is 2.00 bits per heavy atom. The fourth-order valence-corrected chi connectivity index (χ4v) is 2.50. The van der Waals surface area contributed by atoms with Gasteiger partial charge < -0.3 is 5.32 Å². The number of nitrogens with one attached hydrogen (secondary N) is 1. The third-order valence-electron chi connectivity index (χ3n) is 3.99. The number of benzene rings is 1. The Balaban J connectivity index is 2.40. The van der Waals surface area contributed by atoms with Crippen molar-refractivity contribution < 1.29 is 32.2 Å². The zero-order valence-corrected chi connectivity index (χ0v) is 14.8. The number of rotatable bonds is 7. The molecule has 0 radical (unpaired) electrons. The first-order chi connectivity index (χ1) is 13.4. The van der Waals surface area contributed by atoms with Gasteiger partial charge in [-0.05, 0) is 19.9 Å². The Kier molecular flexibility index (Phi) is 6.14. The number of amides is 1. The van der Waals surface area contributed by atoms with Gasteiger partial charge in [0.2, 0.25) is 5.91 Å². The van der Waals surface area contributed by atoms with Gasteiger partial charge in [0, 0.05) is 12.1 Å². The average molecular weight is 419 g/mol. The summed E-state index contributed by atoms with van der Waals surface area (Å²) in [6.07, 6.45) is -6.35. The third kappa shape index (κ3) is 4.47. The van der Waals surface area contributed by atoms with Gasteiger partial charge in [0.15, 0.2) is 0 Å². The van der Waals surface area contributed by atoms with Crippen molar-refractivity contribution in [1.29, 1.82) is 0 Å². The van der Waals surface area contributed by atoms with E-state index < -0.39 is 57.4 Å². The average Bonchev–Trinajstić information content (AvgIpc) is 3.07. The van der Waals surface area contributed by atoms with Crippen molar-refractivity contribution in [2.24, 2.45) is 0 Å². The molecule has 10 nitrogen and oxygen atoms in total. The highest BCUT2D eigenvalue weighted by Gasteiger charge is 2.28. The molecule has 0 aliphatic rings. The number of carbonyl (C=O) groups excluding carboxylic acids is 1. The van der Waals surface area contributed by atoms with Crippen molar-refractivity contribution in [3.8, 4) is 0 Å². The van der Waals surface area contributed by atoms with Gasteiger partial charge in [0.05, 0.1) is 15.5 Å². The molecule has 2 aromatic rings. The summed E-state index contributed by atoms with van der Waals surface area (Å²) in [6, 6.07) is 0.648. The first kappa shape index (κ1) is 21.7. The van der Waals surface area contributed by atoms with Crippen LogP contribution in [0.25, 0.3) is 0 Å². The van der Waals surface area contributed by atoms with E-state index >= 15 is 0 Å². The van der Waals surface area contributed by atoms with Crippen LogP contribution in [0.1, 0.15) is 42.8 Å². The van der Waals surface area contributed by atoms with E-state index in [9.17, 15) is 42.6 Å². The Labute approximate surface area is 159 Å². The number of aromatic nitrogens is 2. The van der Waals surface area contributed by atoms with Crippen LogP contribution in [0.5, 0.6) is 0 Å².